The molecule has 146 valence electrons. The van der Waals surface area contributed by atoms with Crippen LogP contribution in [0.15, 0.2) is 48.2 Å². The van der Waals surface area contributed by atoms with E-state index in [9.17, 15) is 9.18 Å². The van der Waals surface area contributed by atoms with E-state index in [0.717, 1.165) is 17.5 Å². The lowest BCUT2D eigenvalue weighted by atomic mass is 10.1. The Morgan fingerprint density at radius 3 is 2.61 bits per heavy atom. The lowest BCUT2D eigenvalue weighted by Gasteiger charge is -2.12. The van der Waals surface area contributed by atoms with E-state index in [2.05, 4.69) is 5.32 Å². The number of rotatable bonds is 7. The Kier molecular flexibility index (Phi) is 6.26. The summed E-state index contributed by atoms with van der Waals surface area (Å²) in [5.74, 6) is 0.672. The van der Waals surface area contributed by atoms with Crippen molar-refractivity contribution >= 4 is 29.3 Å². The maximum atomic E-state index is 13.0. The van der Waals surface area contributed by atoms with Crippen LogP contribution in [0.5, 0.6) is 11.5 Å². The summed E-state index contributed by atoms with van der Waals surface area (Å²) in [5.41, 5.74) is 2.06. The molecule has 0 unspecified atom stereocenters. The molecule has 0 atom stereocenters. The summed E-state index contributed by atoms with van der Waals surface area (Å²) in [7, 11) is 1.55. The van der Waals surface area contributed by atoms with Crippen molar-refractivity contribution in [1.82, 2.24) is 10.2 Å². The Balaban J connectivity index is 1.75. The highest BCUT2D eigenvalue weighted by Gasteiger charge is 2.29. The van der Waals surface area contributed by atoms with Crippen molar-refractivity contribution in [2.24, 2.45) is 0 Å². The Bertz CT molecular complexity index is 912. The number of hydrogen-bond acceptors (Lipinski definition) is 4. The normalized spacial score (nSPS) is 15.1. The summed E-state index contributed by atoms with van der Waals surface area (Å²) < 4.78 is 24.2. The molecule has 1 aliphatic rings. The molecule has 2 aromatic rings. The first-order chi connectivity index (χ1) is 13.5. The van der Waals surface area contributed by atoms with Gasteiger partial charge in [-0.2, -0.15) is 0 Å². The Morgan fingerprint density at radius 2 is 1.93 bits per heavy atom. The quantitative estimate of drug-likeness (QED) is 0.565. The number of thiocarbonyl (C=S) groups is 1. The van der Waals surface area contributed by atoms with Gasteiger partial charge in [0.2, 0.25) is 0 Å². The third-order valence-corrected chi connectivity index (χ3v) is 4.54. The lowest BCUT2D eigenvalue weighted by Crippen LogP contribution is -2.31. The summed E-state index contributed by atoms with van der Waals surface area (Å²) in [6, 6.07) is 11.5. The lowest BCUT2D eigenvalue weighted by molar-refractivity contribution is -0.122. The van der Waals surface area contributed by atoms with E-state index >= 15 is 0 Å². The Morgan fingerprint density at radius 1 is 1.18 bits per heavy atom. The molecule has 0 spiro atoms. The number of halogens is 1. The number of ether oxygens (including phenoxy) is 2. The van der Waals surface area contributed by atoms with Gasteiger partial charge in [-0.15, -0.1) is 0 Å². The number of carbonyl (C=O) groups excluding carboxylic acids is 1. The van der Waals surface area contributed by atoms with E-state index in [1.165, 1.54) is 12.1 Å². The Labute approximate surface area is 168 Å². The molecule has 7 heteroatoms. The third-order valence-electron chi connectivity index (χ3n) is 4.22. The first kappa shape index (κ1) is 19.8. The second kappa shape index (κ2) is 8.84. The molecule has 28 heavy (non-hydrogen) atoms. The predicted molar refractivity (Wildman–Crippen MR) is 109 cm³/mol. The number of methoxy groups -OCH3 is 1. The van der Waals surface area contributed by atoms with Crippen molar-refractivity contribution in [2.45, 2.75) is 20.0 Å². The van der Waals surface area contributed by atoms with Gasteiger partial charge in [0.05, 0.1) is 7.11 Å². The first-order valence-corrected chi connectivity index (χ1v) is 9.32. The summed E-state index contributed by atoms with van der Waals surface area (Å²) >= 11 is 5.22. The van der Waals surface area contributed by atoms with Crippen LogP contribution < -0.4 is 14.8 Å². The van der Waals surface area contributed by atoms with Crippen LogP contribution in [0.25, 0.3) is 6.08 Å². The van der Waals surface area contributed by atoms with Gasteiger partial charge in [-0.25, -0.2) is 4.39 Å². The summed E-state index contributed by atoms with van der Waals surface area (Å²) in [4.78, 5) is 14.0. The number of nitrogens with one attached hydrogen (secondary N) is 1. The zero-order valence-electron chi connectivity index (χ0n) is 15.7. The fraction of sp³-hybridized carbons (Fsp3) is 0.238. The van der Waals surface area contributed by atoms with Crippen molar-refractivity contribution in [2.75, 3.05) is 13.7 Å². The molecule has 0 bridgehead atoms. The van der Waals surface area contributed by atoms with Crippen LogP contribution in [0, 0.1) is 5.82 Å². The summed E-state index contributed by atoms with van der Waals surface area (Å²) in [6.07, 6.45) is 2.56. The average molecular weight is 400 g/mol. The van der Waals surface area contributed by atoms with Gasteiger partial charge >= 0.3 is 0 Å². The molecule has 0 radical (unpaired) electrons. The molecule has 1 amide bonds. The second-order valence-corrected chi connectivity index (χ2v) is 6.66. The SMILES string of the molecule is CCCN1C(=O)C(=Cc2ccc(OCc3ccc(F)cc3)c(OC)c2)NC1=S. The van der Waals surface area contributed by atoms with Crippen LogP contribution >= 0.6 is 12.2 Å². The van der Waals surface area contributed by atoms with Gasteiger partial charge < -0.3 is 14.8 Å². The third kappa shape index (κ3) is 4.48. The number of carbonyl (C=O) groups is 1. The first-order valence-electron chi connectivity index (χ1n) is 8.91. The molecule has 1 saturated heterocycles. The molecule has 1 aliphatic heterocycles. The number of hydrogen-bond donors (Lipinski definition) is 1. The Hall–Kier alpha value is -2.93. The molecule has 0 saturated carbocycles. The molecule has 1 fully saturated rings. The highest BCUT2D eigenvalue weighted by molar-refractivity contribution is 7.80. The summed E-state index contributed by atoms with van der Waals surface area (Å²) in [5, 5.41) is 3.38. The molecule has 0 aliphatic carbocycles. The number of amides is 1. The number of nitrogens with zero attached hydrogens (tertiary/aromatic N) is 1. The topological polar surface area (TPSA) is 50.8 Å². The fourth-order valence-electron chi connectivity index (χ4n) is 2.80. The molecular formula is C21H21FN2O3S. The summed E-state index contributed by atoms with van der Waals surface area (Å²) in [6.45, 7) is 2.87. The van der Waals surface area contributed by atoms with E-state index in [-0.39, 0.29) is 18.3 Å². The standard InChI is InChI=1S/C21H21FN2O3S/c1-3-10-24-20(25)17(23-21(24)28)11-15-6-9-18(19(12-15)26-2)27-13-14-4-7-16(22)8-5-14/h4-9,11-12H,3,10,13H2,1-2H3,(H,23,28). The van der Waals surface area contributed by atoms with Crippen LogP contribution in [-0.2, 0) is 11.4 Å². The minimum absolute atomic E-state index is 0.137. The van der Waals surface area contributed by atoms with Crippen LogP contribution in [0.3, 0.4) is 0 Å². The van der Waals surface area contributed by atoms with E-state index < -0.39 is 0 Å². The van der Waals surface area contributed by atoms with Crippen LogP contribution in [0.4, 0.5) is 4.39 Å². The van der Waals surface area contributed by atoms with Crippen molar-refractivity contribution in [3.8, 4) is 11.5 Å². The smallest absolute Gasteiger partial charge is 0.276 e. The van der Waals surface area contributed by atoms with Crippen LogP contribution in [0.1, 0.15) is 24.5 Å². The molecule has 5 nitrogen and oxygen atoms in total. The monoisotopic (exact) mass is 400 g/mol. The van der Waals surface area contributed by atoms with Gasteiger partial charge in [0, 0.05) is 6.54 Å². The second-order valence-electron chi connectivity index (χ2n) is 6.27. The molecule has 0 aromatic heterocycles. The van der Waals surface area contributed by atoms with E-state index in [0.29, 0.717) is 28.9 Å². The van der Waals surface area contributed by atoms with E-state index in [1.807, 2.05) is 13.0 Å². The molecule has 1 heterocycles. The molecule has 1 N–H and O–H groups in total. The minimum atomic E-state index is -0.286. The maximum absolute atomic E-state index is 13.0. The van der Waals surface area contributed by atoms with Gasteiger partial charge in [0.25, 0.3) is 5.91 Å². The van der Waals surface area contributed by atoms with Gasteiger partial charge in [-0.3, -0.25) is 9.69 Å². The van der Waals surface area contributed by atoms with Crippen molar-refractivity contribution in [1.29, 1.82) is 0 Å². The highest BCUT2D eigenvalue weighted by Crippen LogP contribution is 2.30. The average Bonchev–Trinajstić information content (AvgIpc) is 2.96. The largest absolute Gasteiger partial charge is 0.493 e. The van der Waals surface area contributed by atoms with Crippen molar-refractivity contribution in [3.05, 3.63) is 65.1 Å². The van der Waals surface area contributed by atoms with E-state index in [4.69, 9.17) is 21.7 Å². The van der Waals surface area contributed by atoms with Gasteiger partial charge in [-0.05, 0) is 60.1 Å². The van der Waals surface area contributed by atoms with Gasteiger partial charge in [0.1, 0.15) is 18.1 Å². The van der Waals surface area contributed by atoms with Gasteiger partial charge in [-0.1, -0.05) is 25.1 Å². The molecule has 2 aromatic carbocycles. The molecular weight excluding hydrogens is 379 g/mol. The van der Waals surface area contributed by atoms with Crippen molar-refractivity contribution < 1.29 is 18.7 Å². The molecule has 3 rings (SSSR count). The fourth-order valence-corrected chi connectivity index (χ4v) is 3.08. The zero-order chi connectivity index (χ0) is 20.1. The van der Waals surface area contributed by atoms with Crippen molar-refractivity contribution in [3.63, 3.8) is 0 Å². The predicted octanol–water partition coefficient (Wildman–Crippen LogP) is 3.88. The minimum Gasteiger partial charge on any atom is -0.493 e. The van der Waals surface area contributed by atoms with E-state index in [1.54, 1.807) is 42.4 Å². The van der Waals surface area contributed by atoms with Crippen LogP contribution in [0.2, 0.25) is 0 Å². The number of benzene rings is 2. The highest BCUT2D eigenvalue weighted by atomic mass is 32.1. The zero-order valence-corrected chi connectivity index (χ0v) is 16.5. The van der Waals surface area contributed by atoms with Gasteiger partial charge in [0.15, 0.2) is 16.6 Å². The van der Waals surface area contributed by atoms with Crippen LogP contribution in [-0.4, -0.2) is 29.6 Å². The maximum Gasteiger partial charge on any atom is 0.276 e.